The van der Waals surface area contributed by atoms with E-state index in [-0.39, 0.29) is 0 Å². The molecular weight excluding hydrogens is 270 g/mol. The zero-order valence-electron chi connectivity index (χ0n) is 12.6. The third-order valence-electron chi connectivity index (χ3n) is 2.72. The summed E-state index contributed by atoms with van der Waals surface area (Å²) >= 11 is 1.87. The van der Waals surface area contributed by atoms with Crippen molar-refractivity contribution in [2.24, 2.45) is 4.99 Å². The van der Waals surface area contributed by atoms with Gasteiger partial charge in [0, 0.05) is 13.1 Å². The van der Waals surface area contributed by atoms with Crippen LogP contribution in [0.2, 0.25) is 0 Å². The van der Waals surface area contributed by atoms with Gasteiger partial charge in [-0.1, -0.05) is 12.1 Å². The number of rotatable bonds is 8. The van der Waals surface area contributed by atoms with Crippen LogP contribution in [0, 0.1) is 0 Å². The lowest BCUT2D eigenvalue weighted by atomic mass is 10.2. The molecule has 2 N–H and O–H groups in total. The molecule has 1 rings (SSSR count). The molecule has 0 saturated carbocycles. The summed E-state index contributed by atoms with van der Waals surface area (Å²) in [6, 6.07) is 8.01. The highest BCUT2D eigenvalue weighted by atomic mass is 32.2. The average Bonchev–Trinajstić information content (AvgIpc) is 2.49. The molecule has 0 unspecified atom stereocenters. The summed E-state index contributed by atoms with van der Waals surface area (Å²) < 4.78 is 5.22. The SMILES string of the molecule is CCNC(=NCc1cccc(OC)c1)NCCCSC. The molecule has 0 spiro atoms. The van der Waals surface area contributed by atoms with Gasteiger partial charge in [0.05, 0.1) is 13.7 Å². The minimum atomic E-state index is 0.648. The molecular formula is C15H25N3OS. The third-order valence-corrected chi connectivity index (χ3v) is 3.41. The van der Waals surface area contributed by atoms with E-state index in [1.807, 2.05) is 30.0 Å². The quantitative estimate of drug-likeness (QED) is 0.439. The fourth-order valence-corrected chi connectivity index (χ4v) is 2.14. The maximum Gasteiger partial charge on any atom is 0.191 e. The Morgan fingerprint density at radius 1 is 1.35 bits per heavy atom. The van der Waals surface area contributed by atoms with Crippen LogP contribution in [0.3, 0.4) is 0 Å². The number of nitrogens with zero attached hydrogens (tertiary/aromatic N) is 1. The van der Waals surface area contributed by atoms with Crippen molar-refractivity contribution in [2.75, 3.05) is 32.2 Å². The van der Waals surface area contributed by atoms with Gasteiger partial charge in [0.25, 0.3) is 0 Å². The van der Waals surface area contributed by atoms with Crippen LogP contribution in [0.15, 0.2) is 29.3 Å². The molecule has 0 aliphatic rings. The molecule has 0 bridgehead atoms. The van der Waals surface area contributed by atoms with Crippen LogP contribution in [-0.2, 0) is 6.54 Å². The second-order valence-corrected chi connectivity index (χ2v) is 5.31. The van der Waals surface area contributed by atoms with Crippen molar-refractivity contribution in [3.8, 4) is 5.75 Å². The lowest BCUT2D eigenvalue weighted by molar-refractivity contribution is 0.414. The lowest BCUT2D eigenvalue weighted by Crippen LogP contribution is -2.37. The van der Waals surface area contributed by atoms with Gasteiger partial charge in [-0.05, 0) is 43.0 Å². The summed E-state index contributed by atoms with van der Waals surface area (Å²) in [4.78, 5) is 4.59. The molecule has 4 nitrogen and oxygen atoms in total. The van der Waals surface area contributed by atoms with E-state index < -0.39 is 0 Å². The molecule has 1 aromatic carbocycles. The highest BCUT2D eigenvalue weighted by Crippen LogP contribution is 2.13. The van der Waals surface area contributed by atoms with Crippen molar-refractivity contribution >= 4 is 17.7 Å². The van der Waals surface area contributed by atoms with Gasteiger partial charge in [0.15, 0.2) is 5.96 Å². The zero-order chi connectivity index (χ0) is 14.6. The maximum atomic E-state index is 5.22. The van der Waals surface area contributed by atoms with E-state index in [4.69, 9.17) is 4.74 Å². The van der Waals surface area contributed by atoms with Crippen molar-refractivity contribution in [2.45, 2.75) is 19.9 Å². The third kappa shape index (κ3) is 6.70. The predicted molar refractivity (Wildman–Crippen MR) is 88.8 cm³/mol. The Kier molecular flexibility index (Phi) is 8.71. The number of ether oxygens (including phenoxy) is 1. The van der Waals surface area contributed by atoms with Gasteiger partial charge in [0.1, 0.15) is 5.75 Å². The van der Waals surface area contributed by atoms with E-state index in [1.165, 1.54) is 5.75 Å². The number of hydrogen-bond acceptors (Lipinski definition) is 3. The van der Waals surface area contributed by atoms with Gasteiger partial charge in [-0.15, -0.1) is 0 Å². The standard InChI is InChI=1S/C15H25N3OS/c1-4-16-15(17-9-6-10-20-3)18-12-13-7-5-8-14(11-13)19-2/h5,7-8,11H,4,6,9-10,12H2,1-3H3,(H2,16,17,18). The van der Waals surface area contributed by atoms with Crippen molar-refractivity contribution in [3.63, 3.8) is 0 Å². The first-order valence-electron chi connectivity index (χ1n) is 6.94. The van der Waals surface area contributed by atoms with Crippen LogP contribution in [0.4, 0.5) is 0 Å². The highest BCUT2D eigenvalue weighted by Gasteiger charge is 1.98. The zero-order valence-corrected chi connectivity index (χ0v) is 13.4. The number of hydrogen-bond donors (Lipinski definition) is 2. The molecule has 0 radical (unpaired) electrons. The lowest BCUT2D eigenvalue weighted by Gasteiger charge is -2.11. The molecule has 0 atom stereocenters. The van der Waals surface area contributed by atoms with E-state index in [9.17, 15) is 0 Å². The van der Waals surface area contributed by atoms with Crippen LogP contribution in [-0.4, -0.2) is 38.2 Å². The summed E-state index contributed by atoms with van der Waals surface area (Å²) in [5.41, 5.74) is 1.14. The second-order valence-electron chi connectivity index (χ2n) is 4.32. The predicted octanol–water partition coefficient (Wildman–Crippen LogP) is 2.50. The summed E-state index contributed by atoms with van der Waals surface area (Å²) in [5.74, 6) is 2.91. The number of aliphatic imine (C=N–C) groups is 1. The van der Waals surface area contributed by atoms with Gasteiger partial charge in [-0.25, -0.2) is 4.99 Å². The Morgan fingerprint density at radius 3 is 2.90 bits per heavy atom. The molecule has 0 aromatic heterocycles. The summed E-state index contributed by atoms with van der Waals surface area (Å²) in [6.45, 7) is 4.54. The number of thioether (sulfide) groups is 1. The smallest absolute Gasteiger partial charge is 0.191 e. The fourth-order valence-electron chi connectivity index (χ4n) is 1.71. The highest BCUT2D eigenvalue weighted by molar-refractivity contribution is 7.98. The number of nitrogens with one attached hydrogen (secondary N) is 2. The molecule has 0 amide bonds. The van der Waals surface area contributed by atoms with E-state index in [2.05, 4.69) is 34.9 Å². The Labute approximate surface area is 126 Å². The Bertz CT molecular complexity index is 410. The van der Waals surface area contributed by atoms with Gasteiger partial charge in [0.2, 0.25) is 0 Å². The van der Waals surface area contributed by atoms with Gasteiger partial charge < -0.3 is 15.4 Å². The largest absolute Gasteiger partial charge is 0.497 e. The monoisotopic (exact) mass is 295 g/mol. The van der Waals surface area contributed by atoms with Crippen LogP contribution in [0.5, 0.6) is 5.75 Å². The van der Waals surface area contributed by atoms with Crippen LogP contribution in [0.1, 0.15) is 18.9 Å². The molecule has 0 aliphatic heterocycles. The molecule has 0 aliphatic carbocycles. The minimum absolute atomic E-state index is 0.648. The molecule has 1 aromatic rings. The van der Waals surface area contributed by atoms with Gasteiger partial charge in [-0.3, -0.25) is 0 Å². The number of guanidine groups is 1. The Hall–Kier alpha value is -1.36. The van der Waals surface area contributed by atoms with E-state index in [1.54, 1.807) is 7.11 Å². The Morgan fingerprint density at radius 2 is 2.20 bits per heavy atom. The average molecular weight is 295 g/mol. The first-order chi connectivity index (χ1) is 9.80. The van der Waals surface area contributed by atoms with Gasteiger partial charge >= 0.3 is 0 Å². The van der Waals surface area contributed by atoms with Crippen LogP contribution >= 0.6 is 11.8 Å². The molecule has 0 saturated heterocycles. The molecule has 20 heavy (non-hydrogen) atoms. The van der Waals surface area contributed by atoms with Crippen molar-refractivity contribution in [1.29, 1.82) is 0 Å². The van der Waals surface area contributed by atoms with Crippen LogP contribution < -0.4 is 15.4 Å². The van der Waals surface area contributed by atoms with Gasteiger partial charge in [-0.2, -0.15) is 11.8 Å². The topological polar surface area (TPSA) is 45.7 Å². The minimum Gasteiger partial charge on any atom is -0.497 e. The van der Waals surface area contributed by atoms with Crippen molar-refractivity contribution in [1.82, 2.24) is 10.6 Å². The summed E-state index contributed by atoms with van der Waals surface area (Å²) in [6.07, 6.45) is 3.27. The second kappa shape index (κ2) is 10.4. The molecule has 0 heterocycles. The Balaban J connectivity index is 2.52. The maximum absolute atomic E-state index is 5.22. The van der Waals surface area contributed by atoms with E-state index >= 15 is 0 Å². The molecule has 112 valence electrons. The first-order valence-corrected chi connectivity index (χ1v) is 8.33. The van der Waals surface area contributed by atoms with Crippen molar-refractivity contribution < 1.29 is 4.74 Å². The fraction of sp³-hybridized carbons (Fsp3) is 0.533. The normalized spacial score (nSPS) is 11.2. The summed E-state index contributed by atoms with van der Waals surface area (Å²) in [7, 11) is 1.68. The van der Waals surface area contributed by atoms with Crippen LogP contribution in [0.25, 0.3) is 0 Å². The molecule has 0 fully saturated rings. The van der Waals surface area contributed by atoms with E-state index in [0.717, 1.165) is 36.8 Å². The number of benzene rings is 1. The van der Waals surface area contributed by atoms with Crippen molar-refractivity contribution in [3.05, 3.63) is 29.8 Å². The number of methoxy groups -OCH3 is 1. The first kappa shape index (κ1) is 16.7. The summed E-state index contributed by atoms with van der Waals surface area (Å²) in [5, 5.41) is 6.61. The van der Waals surface area contributed by atoms with E-state index in [0.29, 0.717) is 6.54 Å². The molecule has 5 heteroatoms.